The number of methoxy groups -OCH3 is 1. The van der Waals surface area contributed by atoms with E-state index in [4.69, 9.17) is 9.47 Å². The van der Waals surface area contributed by atoms with Crippen LogP contribution in [-0.4, -0.2) is 41.8 Å². The van der Waals surface area contributed by atoms with Crippen LogP contribution in [0, 0.1) is 5.92 Å². The molecule has 122 valence electrons. The van der Waals surface area contributed by atoms with Crippen LogP contribution in [0.25, 0.3) is 0 Å². The van der Waals surface area contributed by atoms with Gasteiger partial charge in [0.05, 0.1) is 24.4 Å². The van der Waals surface area contributed by atoms with Crippen molar-refractivity contribution >= 4 is 21.9 Å². The van der Waals surface area contributed by atoms with Gasteiger partial charge in [-0.2, -0.15) is 4.98 Å². The molecule has 0 bridgehead atoms. The van der Waals surface area contributed by atoms with Gasteiger partial charge in [0.2, 0.25) is 17.7 Å². The standard InChI is InChI=1S/C16H19BrN4O2/c1-22-15-13(17)9-19-16(20-15)21-8-4-5-12(10-21)11-23-14-6-2-3-7-18-14/h2-3,6-7,9,12H,4-5,8,10-11H2,1H3. The Hall–Kier alpha value is -1.89. The van der Waals surface area contributed by atoms with Crippen molar-refractivity contribution in [2.24, 2.45) is 5.92 Å². The third kappa shape index (κ3) is 4.10. The lowest BCUT2D eigenvalue weighted by Crippen LogP contribution is -2.38. The van der Waals surface area contributed by atoms with Gasteiger partial charge in [-0.05, 0) is 34.8 Å². The summed E-state index contributed by atoms with van der Waals surface area (Å²) in [6.07, 6.45) is 5.70. The smallest absolute Gasteiger partial charge is 0.232 e. The first-order valence-electron chi connectivity index (χ1n) is 7.61. The molecule has 0 radical (unpaired) electrons. The summed E-state index contributed by atoms with van der Waals surface area (Å²) in [5.41, 5.74) is 0. The van der Waals surface area contributed by atoms with Gasteiger partial charge < -0.3 is 14.4 Å². The number of rotatable bonds is 5. The van der Waals surface area contributed by atoms with Gasteiger partial charge in [0.25, 0.3) is 0 Å². The average molecular weight is 379 g/mol. The Bertz CT molecular complexity index is 641. The molecule has 3 heterocycles. The zero-order valence-corrected chi connectivity index (χ0v) is 14.6. The highest BCUT2D eigenvalue weighted by atomic mass is 79.9. The highest BCUT2D eigenvalue weighted by Gasteiger charge is 2.23. The summed E-state index contributed by atoms with van der Waals surface area (Å²) in [5.74, 6) is 2.37. The fourth-order valence-corrected chi connectivity index (χ4v) is 3.01. The van der Waals surface area contributed by atoms with Crippen molar-refractivity contribution in [1.29, 1.82) is 0 Å². The van der Waals surface area contributed by atoms with Crippen molar-refractivity contribution in [3.05, 3.63) is 35.1 Å². The number of hydrogen-bond acceptors (Lipinski definition) is 6. The van der Waals surface area contributed by atoms with E-state index in [0.29, 0.717) is 30.2 Å². The number of nitrogens with zero attached hydrogens (tertiary/aromatic N) is 4. The van der Waals surface area contributed by atoms with Crippen molar-refractivity contribution < 1.29 is 9.47 Å². The molecule has 0 N–H and O–H groups in total. The van der Waals surface area contributed by atoms with Crippen molar-refractivity contribution in [1.82, 2.24) is 15.0 Å². The third-order valence-electron chi connectivity index (χ3n) is 3.80. The summed E-state index contributed by atoms with van der Waals surface area (Å²) in [7, 11) is 1.61. The molecule has 23 heavy (non-hydrogen) atoms. The summed E-state index contributed by atoms with van der Waals surface area (Å²) < 4.78 is 11.8. The Labute approximate surface area is 144 Å². The molecule has 0 saturated carbocycles. The number of hydrogen-bond donors (Lipinski definition) is 0. The van der Waals surface area contributed by atoms with Crippen LogP contribution in [0.5, 0.6) is 11.8 Å². The second-order valence-electron chi connectivity index (χ2n) is 5.46. The highest BCUT2D eigenvalue weighted by Crippen LogP contribution is 2.26. The van der Waals surface area contributed by atoms with E-state index in [2.05, 4.69) is 35.8 Å². The van der Waals surface area contributed by atoms with Crippen LogP contribution < -0.4 is 14.4 Å². The zero-order chi connectivity index (χ0) is 16.1. The molecule has 0 amide bonds. The van der Waals surface area contributed by atoms with Gasteiger partial charge >= 0.3 is 0 Å². The number of piperidine rings is 1. The topological polar surface area (TPSA) is 60.4 Å². The van der Waals surface area contributed by atoms with Crippen LogP contribution in [0.2, 0.25) is 0 Å². The first kappa shape index (κ1) is 16.0. The molecule has 1 atom stereocenters. The molecular weight excluding hydrogens is 360 g/mol. The second-order valence-corrected chi connectivity index (χ2v) is 6.31. The first-order chi connectivity index (χ1) is 11.3. The predicted octanol–water partition coefficient (Wildman–Crippen LogP) is 2.94. The van der Waals surface area contributed by atoms with E-state index in [-0.39, 0.29) is 0 Å². The molecule has 2 aromatic heterocycles. The van der Waals surface area contributed by atoms with Crippen LogP contribution in [0.3, 0.4) is 0 Å². The summed E-state index contributed by atoms with van der Waals surface area (Å²) in [5, 5.41) is 0. The molecule has 0 aromatic carbocycles. The lowest BCUT2D eigenvalue weighted by Gasteiger charge is -2.32. The molecule has 7 heteroatoms. The Balaban J connectivity index is 1.61. The highest BCUT2D eigenvalue weighted by molar-refractivity contribution is 9.10. The summed E-state index contributed by atoms with van der Waals surface area (Å²) >= 11 is 3.38. The van der Waals surface area contributed by atoms with Crippen molar-refractivity contribution in [2.75, 3.05) is 31.7 Å². The van der Waals surface area contributed by atoms with Gasteiger partial charge in [-0.15, -0.1) is 0 Å². The molecule has 0 aliphatic carbocycles. The SMILES string of the molecule is COc1nc(N2CCCC(COc3ccccn3)C2)ncc1Br. The van der Waals surface area contributed by atoms with Gasteiger partial charge in [-0.25, -0.2) is 9.97 Å². The van der Waals surface area contributed by atoms with Crippen LogP contribution in [0.4, 0.5) is 5.95 Å². The van der Waals surface area contributed by atoms with Crippen molar-refractivity contribution in [3.8, 4) is 11.8 Å². The molecule has 1 fully saturated rings. The van der Waals surface area contributed by atoms with E-state index in [1.165, 1.54) is 0 Å². The fraction of sp³-hybridized carbons (Fsp3) is 0.438. The maximum Gasteiger partial charge on any atom is 0.232 e. The largest absolute Gasteiger partial charge is 0.480 e. The molecule has 0 spiro atoms. The maximum atomic E-state index is 5.78. The van der Waals surface area contributed by atoms with Crippen LogP contribution in [0.15, 0.2) is 35.1 Å². The monoisotopic (exact) mass is 378 g/mol. The lowest BCUT2D eigenvalue weighted by molar-refractivity contribution is 0.221. The molecule has 1 aliphatic rings. The average Bonchev–Trinajstić information content (AvgIpc) is 2.61. The Morgan fingerprint density at radius 3 is 3.04 bits per heavy atom. The Morgan fingerprint density at radius 2 is 2.26 bits per heavy atom. The molecule has 1 aliphatic heterocycles. The summed E-state index contributed by atoms with van der Waals surface area (Å²) in [6, 6.07) is 5.69. The molecule has 6 nitrogen and oxygen atoms in total. The van der Waals surface area contributed by atoms with Crippen LogP contribution >= 0.6 is 15.9 Å². The van der Waals surface area contributed by atoms with E-state index in [1.807, 2.05) is 18.2 Å². The van der Waals surface area contributed by atoms with E-state index in [1.54, 1.807) is 19.5 Å². The number of aromatic nitrogens is 3. The third-order valence-corrected chi connectivity index (χ3v) is 4.34. The van der Waals surface area contributed by atoms with Gasteiger partial charge in [0.15, 0.2) is 0 Å². The molecule has 1 saturated heterocycles. The molecular formula is C16H19BrN4O2. The minimum atomic E-state index is 0.434. The minimum absolute atomic E-state index is 0.434. The molecule has 1 unspecified atom stereocenters. The van der Waals surface area contributed by atoms with E-state index < -0.39 is 0 Å². The fourth-order valence-electron chi connectivity index (χ4n) is 2.66. The Kier molecular flexibility index (Phi) is 5.27. The zero-order valence-electron chi connectivity index (χ0n) is 13.0. The van der Waals surface area contributed by atoms with Gasteiger partial charge in [-0.3, -0.25) is 0 Å². The maximum absolute atomic E-state index is 5.78. The van der Waals surface area contributed by atoms with E-state index in [9.17, 15) is 0 Å². The quantitative estimate of drug-likeness (QED) is 0.796. The number of anilines is 1. The molecule has 2 aromatic rings. The minimum Gasteiger partial charge on any atom is -0.480 e. The lowest BCUT2D eigenvalue weighted by atomic mass is 9.99. The summed E-state index contributed by atoms with van der Waals surface area (Å²) in [6.45, 7) is 2.48. The van der Waals surface area contributed by atoms with Crippen LogP contribution in [0.1, 0.15) is 12.8 Å². The summed E-state index contributed by atoms with van der Waals surface area (Å²) in [4.78, 5) is 15.2. The van der Waals surface area contributed by atoms with Gasteiger partial charge in [-0.1, -0.05) is 6.07 Å². The van der Waals surface area contributed by atoms with E-state index in [0.717, 1.165) is 30.4 Å². The normalized spacial score (nSPS) is 17.8. The van der Waals surface area contributed by atoms with Crippen molar-refractivity contribution in [3.63, 3.8) is 0 Å². The van der Waals surface area contributed by atoms with Crippen molar-refractivity contribution in [2.45, 2.75) is 12.8 Å². The predicted molar refractivity (Wildman–Crippen MR) is 91.0 cm³/mol. The van der Waals surface area contributed by atoms with Gasteiger partial charge in [0, 0.05) is 31.3 Å². The molecule has 3 rings (SSSR count). The number of ether oxygens (including phenoxy) is 2. The first-order valence-corrected chi connectivity index (χ1v) is 8.41. The Morgan fingerprint density at radius 1 is 1.35 bits per heavy atom. The van der Waals surface area contributed by atoms with Crippen LogP contribution in [-0.2, 0) is 0 Å². The number of pyridine rings is 1. The van der Waals surface area contributed by atoms with Gasteiger partial charge in [0.1, 0.15) is 0 Å². The number of halogens is 1. The second kappa shape index (κ2) is 7.59. The van der Waals surface area contributed by atoms with E-state index >= 15 is 0 Å².